The Morgan fingerprint density at radius 3 is 2.34 bits per heavy atom. The minimum absolute atomic E-state index is 0.0754. The Labute approximate surface area is 197 Å². The van der Waals surface area contributed by atoms with Crippen molar-refractivity contribution < 1.29 is 28.0 Å². The van der Waals surface area contributed by atoms with Crippen molar-refractivity contribution >= 4 is 34.5 Å². The summed E-state index contributed by atoms with van der Waals surface area (Å²) in [6.45, 7) is 0. The molecule has 11 heteroatoms. The molecule has 4 aromatic rings. The van der Waals surface area contributed by atoms with Crippen molar-refractivity contribution in [1.29, 1.82) is 0 Å². The van der Waals surface area contributed by atoms with Gasteiger partial charge < -0.3 is 15.2 Å². The number of alkyl halides is 3. The van der Waals surface area contributed by atoms with Gasteiger partial charge in [0.15, 0.2) is 0 Å². The molecule has 0 atom stereocenters. The molecule has 1 heterocycles. The van der Waals surface area contributed by atoms with Crippen LogP contribution in [0.25, 0.3) is 22.2 Å². The second-order valence-corrected chi connectivity index (χ2v) is 7.92. The summed E-state index contributed by atoms with van der Waals surface area (Å²) in [4.78, 5) is 32.3. The van der Waals surface area contributed by atoms with Crippen molar-refractivity contribution in [2.24, 2.45) is 0 Å². The number of hydrogen-bond acceptors (Lipinski definition) is 5. The van der Waals surface area contributed by atoms with Gasteiger partial charge in [-0.25, -0.2) is 10.5 Å². The third-order valence-corrected chi connectivity index (χ3v) is 5.26. The fraction of sp³-hybridized carbons (Fsp3) is 0.125. The Kier molecular flexibility index (Phi) is 6.18. The van der Waals surface area contributed by atoms with E-state index >= 15 is 0 Å². The van der Waals surface area contributed by atoms with Gasteiger partial charge in [0.25, 0.3) is 11.8 Å². The molecule has 0 saturated carbocycles. The Morgan fingerprint density at radius 1 is 1.00 bits per heavy atom. The highest BCUT2D eigenvalue weighted by Gasteiger charge is 2.34. The van der Waals surface area contributed by atoms with E-state index in [-0.39, 0.29) is 39.6 Å². The normalized spacial score (nSPS) is 11.4. The number of aromatic nitrogens is 2. The summed E-state index contributed by atoms with van der Waals surface area (Å²) in [5.74, 6) is -0.804. The Morgan fingerprint density at radius 2 is 1.71 bits per heavy atom. The number of hydrogen-bond donors (Lipinski definition) is 4. The highest BCUT2D eigenvalue weighted by Crippen LogP contribution is 2.39. The van der Waals surface area contributed by atoms with E-state index in [1.165, 1.54) is 52.8 Å². The molecule has 2 amide bonds. The molecular weight excluding hydrogens is 463 g/mol. The number of benzene rings is 3. The fourth-order valence-corrected chi connectivity index (χ4v) is 3.58. The number of fused-ring (bicyclic) bond motifs is 1. The molecule has 0 saturated heterocycles. The molecule has 1 aromatic heterocycles. The topological polar surface area (TPSA) is 110 Å². The van der Waals surface area contributed by atoms with Gasteiger partial charge in [-0.3, -0.25) is 14.8 Å². The molecule has 4 N–H and O–H groups in total. The number of rotatable bonds is 5. The molecule has 0 aliphatic heterocycles. The lowest BCUT2D eigenvalue weighted by atomic mass is 9.97. The first-order chi connectivity index (χ1) is 16.6. The van der Waals surface area contributed by atoms with E-state index < -0.39 is 17.6 Å². The van der Waals surface area contributed by atoms with Crippen LogP contribution in [0.4, 0.5) is 24.8 Å². The Bertz CT molecular complexity index is 1410. The molecule has 0 unspecified atom stereocenters. The number of carbonyl (C=O) groups is 2. The first-order valence-electron chi connectivity index (χ1n) is 10.3. The van der Waals surface area contributed by atoms with E-state index in [9.17, 15) is 22.8 Å². The summed E-state index contributed by atoms with van der Waals surface area (Å²) in [5.41, 5.74) is 2.30. The van der Waals surface area contributed by atoms with Gasteiger partial charge in [-0.2, -0.15) is 13.2 Å². The zero-order chi connectivity index (χ0) is 25.3. The Hall–Kier alpha value is -4.38. The standard InChI is InChI=1S/C24H20F3N5O3/c1-32(2)22(34)14-8-6-13(7-9-14)17-11-19-20(12-18(17)24(25,26)27)30-23(29-19)28-16-5-3-4-15(10-16)21(33)31-35/h3-12,35H,1-2H3,(H,31,33)(H2,28,29,30). The number of aromatic amines is 1. The second kappa shape index (κ2) is 9.11. The minimum atomic E-state index is -4.63. The van der Waals surface area contributed by atoms with Crippen LogP contribution in [0.15, 0.2) is 60.7 Å². The molecule has 0 radical (unpaired) electrons. The van der Waals surface area contributed by atoms with Crippen molar-refractivity contribution in [3.05, 3.63) is 77.4 Å². The lowest BCUT2D eigenvalue weighted by Crippen LogP contribution is -2.21. The van der Waals surface area contributed by atoms with Crippen LogP contribution in [0.1, 0.15) is 26.3 Å². The summed E-state index contributed by atoms with van der Waals surface area (Å²) >= 11 is 0. The smallest absolute Gasteiger partial charge is 0.345 e. The van der Waals surface area contributed by atoms with Gasteiger partial charge in [-0.15, -0.1) is 0 Å². The van der Waals surface area contributed by atoms with E-state index in [4.69, 9.17) is 5.21 Å². The van der Waals surface area contributed by atoms with Crippen LogP contribution in [0.5, 0.6) is 0 Å². The first-order valence-corrected chi connectivity index (χ1v) is 10.3. The van der Waals surface area contributed by atoms with Crippen LogP contribution in [0, 0.1) is 0 Å². The summed E-state index contributed by atoms with van der Waals surface area (Å²) in [7, 11) is 3.18. The SMILES string of the molecule is CN(C)C(=O)c1ccc(-c2cc3nc(Nc4cccc(C(=O)NO)c4)[nH]c3cc2C(F)(F)F)cc1. The molecule has 35 heavy (non-hydrogen) atoms. The number of carbonyl (C=O) groups excluding carboxylic acids is 2. The first kappa shape index (κ1) is 23.8. The van der Waals surface area contributed by atoms with E-state index in [2.05, 4.69) is 15.3 Å². The van der Waals surface area contributed by atoms with E-state index in [0.29, 0.717) is 11.3 Å². The predicted molar refractivity (Wildman–Crippen MR) is 124 cm³/mol. The van der Waals surface area contributed by atoms with Crippen molar-refractivity contribution in [3.63, 3.8) is 0 Å². The lowest BCUT2D eigenvalue weighted by molar-refractivity contribution is -0.137. The summed E-state index contributed by atoms with van der Waals surface area (Å²) in [6.07, 6.45) is -4.63. The van der Waals surface area contributed by atoms with E-state index in [0.717, 1.165) is 6.07 Å². The fourth-order valence-electron chi connectivity index (χ4n) is 3.58. The van der Waals surface area contributed by atoms with Gasteiger partial charge in [0.2, 0.25) is 5.95 Å². The van der Waals surface area contributed by atoms with Crippen LogP contribution in [0.2, 0.25) is 0 Å². The van der Waals surface area contributed by atoms with E-state index in [1.54, 1.807) is 26.2 Å². The average molecular weight is 483 g/mol. The second-order valence-electron chi connectivity index (χ2n) is 7.92. The maximum atomic E-state index is 13.9. The lowest BCUT2D eigenvalue weighted by Gasteiger charge is -2.14. The van der Waals surface area contributed by atoms with Crippen molar-refractivity contribution in [2.45, 2.75) is 6.18 Å². The Balaban J connectivity index is 1.73. The highest BCUT2D eigenvalue weighted by molar-refractivity contribution is 5.95. The molecule has 0 aliphatic carbocycles. The van der Waals surface area contributed by atoms with Crippen molar-refractivity contribution in [3.8, 4) is 11.1 Å². The summed E-state index contributed by atoms with van der Waals surface area (Å²) in [5, 5.41) is 11.7. The number of imidazole rings is 1. The van der Waals surface area contributed by atoms with E-state index in [1.807, 2.05) is 0 Å². The largest absolute Gasteiger partial charge is 0.417 e. The number of nitrogens with one attached hydrogen (secondary N) is 3. The molecular formula is C24H20F3N5O3. The van der Waals surface area contributed by atoms with Crippen molar-refractivity contribution in [2.75, 3.05) is 19.4 Å². The monoisotopic (exact) mass is 483 g/mol. The van der Waals surface area contributed by atoms with Gasteiger partial charge >= 0.3 is 6.18 Å². The van der Waals surface area contributed by atoms with Crippen molar-refractivity contribution in [1.82, 2.24) is 20.3 Å². The van der Waals surface area contributed by atoms with Gasteiger partial charge in [0.05, 0.1) is 16.6 Å². The molecule has 180 valence electrons. The van der Waals surface area contributed by atoms with Crippen LogP contribution in [-0.2, 0) is 6.18 Å². The van der Waals surface area contributed by atoms with Crippen LogP contribution >= 0.6 is 0 Å². The van der Waals surface area contributed by atoms with Gasteiger partial charge in [0.1, 0.15) is 0 Å². The van der Waals surface area contributed by atoms with Gasteiger partial charge in [-0.1, -0.05) is 18.2 Å². The molecule has 0 bridgehead atoms. The van der Waals surface area contributed by atoms with Gasteiger partial charge in [0, 0.05) is 30.9 Å². The average Bonchev–Trinajstić information content (AvgIpc) is 3.23. The third kappa shape index (κ3) is 4.94. The van der Waals surface area contributed by atoms with Crippen LogP contribution < -0.4 is 10.8 Å². The molecule has 8 nitrogen and oxygen atoms in total. The number of halogens is 3. The maximum absolute atomic E-state index is 13.9. The zero-order valence-electron chi connectivity index (χ0n) is 18.6. The number of hydroxylamine groups is 1. The number of amides is 2. The number of anilines is 2. The molecule has 0 aliphatic rings. The maximum Gasteiger partial charge on any atom is 0.417 e. The minimum Gasteiger partial charge on any atom is -0.345 e. The highest BCUT2D eigenvalue weighted by atomic mass is 19.4. The quantitative estimate of drug-likeness (QED) is 0.241. The molecule has 4 rings (SSSR count). The van der Waals surface area contributed by atoms with Gasteiger partial charge in [-0.05, 0) is 53.6 Å². The summed E-state index contributed by atoms with van der Waals surface area (Å²) in [6, 6.07) is 14.3. The number of H-pyrrole nitrogens is 1. The molecule has 3 aromatic carbocycles. The zero-order valence-corrected chi connectivity index (χ0v) is 18.6. The molecule has 0 fully saturated rings. The summed E-state index contributed by atoms with van der Waals surface area (Å²) < 4.78 is 41.7. The third-order valence-electron chi connectivity index (χ3n) is 5.26. The van der Waals surface area contributed by atoms with Crippen LogP contribution in [0.3, 0.4) is 0 Å². The predicted octanol–water partition coefficient (Wildman–Crippen LogP) is 4.81. The van der Waals surface area contributed by atoms with Crippen LogP contribution in [-0.4, -0.2) is 46.0 Å². The number of nitrogens with zero attached hydrogens (tertiary/aromatic N) is 2. The molecule has 0 spiro atoms.